The molecule has 4 N–H and O–H groups in total. The van der Waals surface area contributed by atoms with Gasteiger partial charge in [0.2, 0.25) is 0 Å². The maximum Gasteiger partial charge on any atom is 0.335 e. The Kier molecular flexibility index (Phi) is 4.25. The highest BCUT2D eigenvalue weighted by molar-refractivity contribution is 5.90. The van der Waals surface area contributed by atoms with Crippen LogP contribution in [0.5, 0.6) is 0 Å². The van der Waals surface area contributed by atoms with Gasteiger partial charge in [0.05, 0.1) is 16.9 Å². The lowest BCUT2D eigenvalue weighted by atomic mass is 10.0. The van der Waals surface area contributed by atoms with E-state index in [1.807, 2.05) is 18.2 Å². The number of anilines is 2. The highest BCUT2D eigenvalue weighted by atomic mass is 16.4. The number of carboxylic acid groups (broad SMARTS) is 1. The van der Waals surface area contributed by atoms with E-state index in [0.717, 1.165) is 0 Å². The standard InChI is InChI=1S/C16H18N2O2/c1-11(12-5-3-2-4-6-12)10-18-15-9-13(16(19)20)7-8-14(15)17/h2-9,11,18H,10,17H2,1H3,(H,19,20). The minimum absolute atomic E-state index is 0.231. The van der Waals surface area contributed by atoms with Gasteiger partial charge in [-0.15, -0.1) is 0 Å². The molecule has 2 rings (SSSR count). The van der Waals surface area contributed by atoms with Gasteiger partial charge in [0.25, 0.3) is 0 Å². The Labute approximate surface area is 118 Å². The van der Waals surface area contributed by atoms with Crippen molar-refractivity contribution < 1.29 is 9.90 Å². The van der Waals surface area contributed by atoms with Gasteiger partial charge in [-0.3, -0.25) is 0 Å². The minimum Gasteiger partial charge on any atom is -0.478 e. The van der Waals surface area contributed by atoms with Crippen LogP contribution in [0.15, 0.2) is 48.5 Å². The molecule has 1 atom stereocenters. The van der Waals surface area contributed by atoms with Crippen LogP contribution in [0.2, 0.25) is 0 Å². The number of carbonyl (C=O) groups is 1. The minimum atomic E-state index is -0.954. The van der Waals surface area contributed by atoms with Crippen LogP contribution in [-0.2, 0) is 0 Å². The summed E-state index contributed by atoms with van der Waals surface area (Å²) in [7, 11) is 0. The van der Waals surface area contributed by atoms with Crippen molar-refractivity contribution in [3.63, 3.8) is 0 Å². The third kappa shape index (κ3) is 3.29. The Morgan fingerprint density at radius 3 is 2.60 bits per heavy atom. The van der Waals surface area contributed by atoms with Crippen molar-refractivity contribution in [1.82, 2.24) is 0 Å². The van der Waals surface area contributed by atoms with Crippen LogP contribution in [0.3, 0.4) is 0 Å². The smallest absolute Gasteiger partial charge is 0.335 e. The van der Waals surface area contributed by atoms with E-state index in [1.54, 1.807) is 12.1 Å². The molecule has 4 heteroatoms. The molecule has 0 spiro atoms. The van der Waals surface area contributed by atoms with Crippen LogP contribution >= 0.6 is 0 Å². The average molecular weight is 270 g/mol. The van der Waals surface area contributed by atoms with Crippen molar-refractivity contribution in [2.75, 3.05) is 17.6 Å². The van der Waals surface area contributed by atoms with Crippen molar-refractivity contribution >= 4 is 17.3 Å². The second-order valence-corrected chi connectivity index (χ2v) is 4.80. The molecule has 0 fully saturated rings. The van der Waals surface area contributed by atoms with E-state index in [2.05, 4.69) is 24.4 Å². The second-order valence-electron chi connectivity index (χ2n) is 4.80. The lowest BCUT2D eigenvalue weighted by molar-refractivity contribution is 0.0697. The number of aromatic carboxylic acids is 1. The van der Waals surface area contributed by atoms with Gasteiger partial charge >= 0.3 is 5.97 Å². The number of carboxylic acids is 1. The van der Waals surface area contributed by atoms with Crippen LogP contribution in [0.25, 0.3) is 0 Å². The third-order valence-electron chi connectivity index (χ3n) is 3.27. The van der Waals surface area contributed by atoms with E-state index in [-0.39, 0.29) is 5.56 Å². The Bertz CT molecular complexity index is 597. The Balaban J connectivity index is 2.07. The Morgan fingerprint density at radius 1 is 1.25 bits per heavy atom. The van der Waals surface area contributed by atoms with Crippen molar-refractivity contribution in [2.45, 2.75) is 12.8 Å². The quantitative estimate of drug-likeness (QED) is 0.729. The summed E-state index contributed by atoms with van der Waals surface area (Å²) in [5.41, 5.74) is 8.53. The summed E-state index contributed by atoms with van der Waals surface area (Å²) in [5, 5.41) is 12.2. The van der Waals surface area contributed by atoms with Gasteiger partial charge in [-0.2, -0.15) is 0 Å². The van der Waals surface area contributed by atoms with Gasteiger partial charge in [-0.25, -0.2) is 4.79 Å². The summed E-state index contributed by atoms with van der Waals surface area (Å²) in [6.07, 6.45) is 0. The zero-order valence-corrected chi connectivity index (χ0v) is 11.3. The zero-order chi connectivity index (χ0) is 14.5. The summed E-state index contributed by atoms with van der Waals surface area (Å²) >= 11 is 0. The monoisotopic (exact) mass is 270 g/mol. The topological polar surface area (TPSA) is 75.3 Å². The normalized spacial score (nSPS) is 11.8. The van der Waals surface area contributed by atoms with Crippen LogP contribution in [0, 0.1) is 0 Å². The molecule has 0 saturated heterocycles. The molecule has 0 aliphatic heterocycles. The molecule has 20 heavy (non-hydrogen) atoms. The molecular weight excluding hydrogens is 252 g/mol. The third-order valence-corrected chi connectivity index (χ3v) is 3.27. The number of benzene rings is 2. The van der Waals surface area contributed by atoms with Crippen molar-refractivity contribution in [2.24, 2.45) is 0 Å². The van der Waals surface area contributed by atoms with Crippen LogP contribution in [0.1, 0.15) is 28.8 Å². The van der Waals surface area contributed by atoms with E-state index in [4.69, 9.17) is 10.8 Å². The molecule has 2 aromatic rings. The fourth-order valence-corrected chi connectivity index (χ4v) is 2.00. The first kappa shape index (κ1) is 13.9. The molecule has 0 heterocycles. The van der Waals surface area contributed by atoms with Gasteiger partial charge < -0.3 is 16.2 Å². The molecule has 0 bridgehead atoms. The first-order chi connectivity index (χ1) is 9.58. The fraction of sp³-hybridized carbons (Fsp3) is 0.188. The van der Waals surface area contributed by atoms with Gasteiger partial charge in [0.1, 0.15) is 0 Å². The predicted octanol–water partition coefficient (Wildman–Crippen LogP) is 3.18. The highest BCUT2D eigenvalue weighted by Crippen LogP contribution is 2.22. The number of nitrogens with two attached hydrogens (primary N) is 1. The molecule has 0 amide bonds. The molecule has 2 aromatic carbocycles. The predicted molar refractivity (Wildman–Crippen MR) is 81.2 cm³/mol. The van der Waals surface area contributed by atoms with E-state index < -0.39 is 5.97 Å². The fourth-order valence-electron chi connectivity index (χ4n) is 2.00. The molecule has 1 unspecified atom stereocenters. The number of hydrogen-bond donors (Lipinski definition) is 3. The molecule has 4 nitrogen and oxygen atoms in total. The Morgan fingerprint density at radius 2 is 1.95 bits per heavy atom. The molecule has 0 saturated carbocycles. The van der Waals surface area contributed by atoms with Gasteiger partial charge in [0.15, 0.2) is 0 Å². The number of hydrogen-bond acceptors (Lipinski definition) is 3. The van der Waals surface area contributed by atoms with Crippen LogP contribution in [0.4, 0.5) is 11.4 Å². The molecule has 104 valence electrons. The van der Waals surface area contributed by atoms with Crippen molar-refractivity contribution in [1.29, 1.82) is 0 Å². The molecule has 0 radical (unpaired) electrons. The zero-order valence-electron chi connectivity index (χ0n) is 11.3. The Hall–Kier alpha value is -2.49. The van der Waals surface area contributed by atoms with Gasteiger partial charge in [-0.1, -0.05) is 37.3 Å². The number of rotatable bonds is 5. The van der Waals surface area contributed by atoms with E-state index in [1.165, 1.54) is 11.6 Å². The first-order valence-electron chi connectivity index (χ1n) is 6.49. The molecular formula is C16H18N2O2. The highest BCUT2D eigenvalue weighted by Gasteiger charge is 2.09. The summed E-state index contributed by atoms with van der Waals surface area (Å²) in [6.45, 7) is 2.80. The molecule has 0 aliphatic rings. The van der Waals surface area contributed by atoms with Crippen molar-refractivity contribution in [3.8, 4) is 0 Å². The number of nitrogen functional groups attached to an aromatic ring is 1. The van der Waals surface area contributed by atoms with Crippen LogP contribution in [-0.4, -0.2) is 17.6 Å². The van der Waals surface area contributed by atoms with Gasteiger partial charge in [-0.05, 0) is 29.7 Å². The van der Waals surface area contributed by atoms with Crippen molar-refractivity contribution in [3.05, 3.63) is 59.7 Å². The molecule has 0 aliphatic carbocycles. The summed E-state index contributed by atoms with van der Waals surface area (Å²) in [6, 6.07) is 14.8. The lowest BCUT2D eigenvalue weighted by Crippen LogP contribution is -2.11. The van der Waals surface area contributed by atoms with Crippen LogP contribution < -0.4 is 11.1 Å². The SMILES string of the molecule is CC(CNc1cc(C(=O)O)ccc1N)c1ccccc1. The summed E-state index contributed by atoms with van der Waals surface area (Å²) in [4.78, 5) is 11.0. The van der Waals surface area contributed by atoms with E-state index in [9.17, 15) is 4.79 Å². The van der Waals surface area contributed by atoms with E-state index in [0.29, 0.717) is 23.8 Å². The number of nitrogens with one attached hydrogen (secondary N) is 1. The van der Waals surface area contributed by atoms with Gasteiger partial charge in [0, 0.05) is 6.54 Å². The van der Waals surface area contributed by atoms with E-state index >= 15 is 0 Å². The maximum atomic E-state index is 11.0. The first-order valence-corrected chi connectivity index (χ1v) is 6.49. The second kappa shape index (κ2) is 6.10. The average Bonchev–Trinajstić information content (AvgIpc) is 2.46. The summed E-state index contributed by atoms with van der Waals surface area (Å²) in [5.74, 6) is -0.645. The molecule has 0 aromatic heterocycles. The maximum absolute atomic E-state index is 11.0. The lowest BCUT2D eigenvalue weighted by Gasteiger charge is -2.15. The largest absolute Gasteiger partial charge is 0.478 e. The summed E-state index contributed by atoms with van der Waals surface area (Å²) < 4.78 is 0.